The van der Waals surface area contributed by atoms with E-state index < -0.39 is 5.97 Å². The van der Waals surface area contributed by atoms with Gasteiger partial charge in [0.1, 0.15) is 5.69 Å². The van der Waals surface area contributed by atoms with Gasteiger partial charge in [-0.1, -0.05) is 6.07 Å². The van der Waals surface area contributed by atoms with Gasteiger partial charge in [0.2, 0.25) is 0 Å². The van der Waals surface area contributed by atoms with E-state index in [1.807, 2.05) is 0 Å². The van der Waals surface area contributed by atoms with Crippen LogP contribution in [-0.2, 0) is 16.0 Å². The molecule has 0 saturated heterocycles. The Labute approximate surface area is 93.1 Å². The maximum absolute atomic E-state index is 11.1. The molecule has 1 N–H and O–H groups in total. The number of aromatic nitrogens is 1. The Balaban J connectivity index is 2.49. The molecule has 0 fully saturated rings. The number of carboxylic acid groups (broad SMARTS) is 1. The fourth-order valence-electron chi connectivity index (χ4n) is 1.18. The Hall–Kier alpha value is -1.91. The average Bonchev–Trinajstić information content (AvgIpc) is 2.27. The molecule has 86 valence electrons. The van der Waals surface area contributed by atoms with Crippen molar-refractivity contribution in [2.45, 2.75) is 19.8 Å². The van der Waals surface area contributed by atoms with Gasteiger partial charge in [-0.2, -0.15) is 0 Å². The summed E-state index contributed by atoms with van der Waals surface area (Å²) in [6.07, 6.45) is 2.25. The monoisotopic (exact) mass is 223 g/mol. The number of hydrogen-bond acceptors (Lipinski definition) is 4. The fraction of sp³-hybridized carbons (Fsp3) is 0.364. The third-order valence-electron chi connectivity index (χ3n) is 1.97. The van der Waals surface area contributed by atoms with Crippen molar-refractivity contribution < 1.29 is 19.4 Å². The lowest BCUT2D eigenvalue weighted by Crippen LogP contribution is -2.06. The Morgan fingerprint density at radius 1 is 1.44 bits per heavy atom. The van der Waals surface area contributed by atoms with Crippen LogP contribution in [0.1, 0.15) is 29.4 Å². The van der Waals surface area contributed by atoms with E-state index >= 15 is 0 Å². The van der Waals surface area contributed by atoms with E-state index in [1.54, 1.807) is 13.0 Å². The summed E-state index contributed by atoms with van der Waals surface area (Å²) in [6, 6.07) is 3.07. The molecule has 0 aromatic carbocycles. The van der Waals surface area contributed by atoms with E-state index in [2.05, 4.69) is 4.98 Å². The number of hydrogen-bond donors (Lipinski definition) is 1. The van der Waals surface area contributed by atoms with Crippen molar-refractivity contribution in [3.05, 3.63) is 29.6 Å². The molecule has 0 unspecified atom stereocenters. The molecular weight excluding hydrogens is 210 g/mol. The Morgan fingerprint density at radius 2 is 2.19 bits per heavy atom. The van der Waals surface area contributed by atoms with Gasteiger partial charge in [-0.25, -0.2) is 9.78 Å². The van der Waals surface area contributed by atoms with Gasteiger partial charge < -0.3 is 9.84 Å². The van der Waals surface area contributed by atoms with Crippen molar-refractivity contribution in [3.63, 3.8) is 0 Å². The second kappa shape index (κ2) is 5.85. The number of pyridine rings is 1. The molecule has 0 radical (unpaired) electrons. The van der Waals surface area contributed by atoms with Crippen LogP contribution in [0.2, 0.25) is 0 Å². The van der Waals surface area contributed by atoms with Crippen LogP contribution in [-0.4, -0.2) is 28.6 Å². The van der Waals surface area contributed by atoms with Gasteiger partial charge in [0.05, 0.1) is 6.61 Å². The third kappa shape index (κ3) is 3.68. The lowest BCUT2D eigenvalue weighted by atomic mass is 10.1. The van der Waals surface area contributed by atoms with Crippen molar-refractivity contribution in [2.75, 3.05) is 6.61 Å². The van der Waals surface area contributed by atoms with Crippen LogP contribution in [0, 0.1) is 0 Å². The van der Waals surface area contributed by atoms with Gasteiger partial charge >= 0.3 is 11.9 Å². The van der Waals surface area contributed by atoms with E-state index in [1.165, 1.54) is 12.3 Å². The Morgan fingerprint density at radius 3 is 2.69 bits per heavy atom. The van der Waals surface area contributed by atoms with Crippen LogP contribution < -0.4 is 0 Å². The van der Waals surface area contributed by atoms with Crippen molar-refractivity contribution in [3.8, 4) is 0 Å². The number of aromatic carboxylic acids is 1. The molecule has 1 aromatic rings. The van der Waals surface area contributed by atoms with E-state index in [-0.39, 0.29) is 18.1 Å². The standard InChI is InChI=1S/C11H13NO4/c1-2-16-10(13)6-4-8-3-5-9(11(14)15)12-7-8/h3,5,7H,2,4,6H2,1H3,(H,14,15). The van der Waals surface area contributed by atoms with E-state index in [0.717, 1.165) is 5.56 Å². The summed E-state index contributed by atoms with van der Waals surface area (Å²) < 4.78 is 4.77. The highest BCUT2D eigenvalue weighted by Gasteiger charge is 2.05. The van der Waals surface area contributed by atoms with Crippen molar-refractivity contribution >= 4 is 11.9 Å². The number of carbonyl (C=O) groups is 2. The maximum atomic E-state index is 11.1. The van der Waals surface area contributed by atoms with Crippen LogP contribution in [0.5, 0.6) is 0 Å². The number of nitrogens with zero attached hydrogens (tertiary/aromatic N) is 1. The maximum Gasteiger partial charge on any atom is 0.354 e. The van der Waals surface area contributed by atoms with E-state index in [0.29, 0.717) is 13.0 Å². The van der Waals surface area contributed by atoms with Crippen molar-refractivity contribution in [2.24, 2.45) is 0 Å². The van der Waals surface area contributed by atoms with Gasteiger partial charge in [0.25, 0.3) is 0 Å². The predicted octanol–water partition coefficient (Wildman–Crippen LogP) is 1.28. The Kier molecular flexibility index (Phi) is 4.44. The second-order valence-corrected chi connectivity index (χ2v) is 3.16. The minimum Gasteiger partial charge on any atom is -0.477 e. The fourth-order valence-corrected chi connectivity index (χ4v) is 1.18. The quantitative estimate of drug-likeness (QED) is 0.761. The van der Waals surface area contributed by atoms with E-state index in [9.17, 15) is 9.59 Å². The van der Waals surface area contributed by atoms with Crippen LogP contribution in [0.25, 0.3) is 0 Å². The molecule has 16 heavy (non-hydrogen) atoms. The molecule has 5 nitrogen and oxygen atoms in total. The number of carboxylic acids is 1. The number of rotatable bonds is 5. The zero-order valence-corrected chi connectivity index (χ0v) is 8.97. The highest BCUT2D eigenvalue weighted by Crippen LogP contribution is 2.04. The summed E-state index contributed by atoms with van der Waals surface area (Å²) in [5, 5.41) is 8.63. The molecule has 0 aliphatic rings. The van der Waals surface area contributed by atoms with Crippen molar-refractivity contribution in [1.82, 2.24) is 4.98 Å². The smallest absolute Gasteiger partial charge is 0.354 e. The summed E-state index contributed by atoms with van der Waals surface area (Å²) in [6.45, 7) is 2.12. The van der Waals surface area contributed by atoms with Crippen LogP contribution in [0.15, 0.2) is 18.3 Å². The summed E-state index contributed by atoms with van der Waals surface area (Å²) in [5.74, 6) is -1.32. The van der Waals surface area contributed by atoms with Crippen LogP contribution >= 0.6 is 0 Å². The first-order chi connectivity index (χ1) is 7.63. The third-order valence-corrected chi connectivity index (χ3v) is 1.97. The minimum atomic E-state index is -1.06. The largest absolute Gasteiger partial charge is 0.477 e. The van der Waals surface area contributed by atoms with E-state index in [4.69, 9.17) is 9.84 Å². The molecule has 1 rings (SSSR count). The molecule has 0 aliphatic heterocycles. The predicted molar refractivity (Wildman–Crippen MR) is 56.2 cm³/mol. The summed E-state index contributed by atoms with van der Waals surface area (Å²) >= 11 is 0. The normalized spacial score (nSPS) is 9.81. The molecule has 1 aromatic heterocycles. The Bertz CT molecular complexity index is 372. The second-order valence-electron chi connectivity index (χ2n) is 3.16. The van der Waals surface area contributed by atoms with Gasteiger partial charge in [0.15, 0.2) is 0 Å². The first-order valence-corrected chi connectivity index (χ1v) is 4.97. The lowest BCUT2D eigenvalue weighted by molar-refractivity contribution is -0.143. The number of ether oxygens (including phenoxy) is 1. The number of carbonyl (C=O) groups excluding carboxylic acids is 1. The summed E-state index contributed by atoms with van der Waals surface area (Å²) in [5.41, 5.74) is 0.818. The summed E-state index contributed by atoms with van der Waals surface area (Å²) in [7, 11) is 0. The molecule has 0 bridgehead atoms. The van der Waals surface area contributed by atoms with Gasteiger partial charge in [0, 0.05) is 12.6 Å². The van der Waals surface area contributed by atoms with Gasteiger partial charge in [-0.15, -0.1) is 0 Å². The molecule has 5 heteroatoms. The highest BCUT2D eigenvalue weighted by atomic mass is 16.5. The number of esters is 1. The molecule has 0 saturated carbocycles. The summed E-state index contributed by atoms with van der Waals surface area (Å²) in [4.78, 5) is 25.3. The zero-order valence-electron chi connectivity index (χ0n) is 8.97. The number of aryl methyl sites for hydroxylation is 1. The van der Waals surface area contributed by atoms with Crippen LogP contribution in [0.3, 0.4) is 0 Å². The average molecular weight is 223 g/mol. The topological polar surface area (TPSA) is 76.5 Å². The molecule has 0 atom stereocenters. The van der Waals surface area contributed by atoms with Gasteiger partial charge in [-0.3, -0.25) is 4.79 Å². The molecule has 0 amide bonds. The molecular formula is C11H13NO4. The lowest BCUT2D eigenvalue weighted by Gasteiger charge is -2.02. The zero-order chi connectivity index (χ0) is 12.0. The molecule has 0 spiro atoms. The van der Waals surface area contributed by atoms with Crippen molar-refractivity contribution in [1.29, 1.82) is 0 Å². The highest BCUT2D eigenvalue weighted by molar-refractivity contribution is 5.85. The SMILES string of the molecule is CCOC(=O)CCc1ccc(C(=O)O)nc1. The van der Waals surface area contributed by atoms with Crippen LogP contribution in [0.4, 0.5) is 0 Å². The minimum absolute atomic E-state index is 0.000107. The molecule has 1 heterocycles. The first kappa shape index (κ1) is 12.2. The molecule has 0 aliphatic carbocycles. The first-order valence-electron chi connectivity index (χ1n) is 4.97. The van der Waals surface area contributed by atoms with Gasteiger partial charge in [-0.05, 0) is 25.0 Å².